The van der Waals surface area contributed by atoms with Gasteiger partial charge in [0.25, 0.3) is 5.56 Å². The number of halogens is 1. The van der Waals surface area contributed by atoms with Crippen molar-refractivity contribution in [3.63, 3.8) is 0 Å². The van der Waals surface area contributed by atoms with E-state index in [1.165, 1.54) is 0 Å². The molecule has 0 bridgehead atoms. The van der Waals surface area contributed by atoms with Crippen molar-refractivity contribution in [1.82, 2.24) is 19.3 Å². The number of nitriles is 1. The van der Waals surface area contributed by atoms with Crippen LogP contribution in [0.2, 0.25) is 5.02 Å². The first kappa shape index (κ1) is 21.3. The highest BCUT2D eigenvalue weighted by Crippen LogP contribution is 2.39. The Bertz CT molecular complexity index is 1710. The van der Waals surface area contributed by atoms with Crippen molar-refractivity contribution in [2.24, 2.45) is 7.05 Å². The molecule has 0 saturated carbocycles. The second-order valence-electron chi connectivity index (χ2n) is 8.85. The van der Waals surface area contributed by atoms with Gasteiger partial charge >= 0.3 is 0 Å². The smallest absolute Gasteiger partial charge is 0.251 e. The van der Waals surface area contributed by atoms with E-state index in [0.29, 0.717) is 17.1 Å². The number of benzene rings is 3. The van der Waals surface area contributed by atoms with Crippen LogP contribution in [-0.4, -0.2) is 19.3 Å². The molecule has 1 unspecified atom stereocenters. The topological polar surface area (TPSA) is 76.5 Å². The summed E-state index contributed by atoms with van der Waals surface area (Å²) >= 11 is 6.31. The number of aromatic nitrogens is 4. The third-order valence-electron chi connectivity index (χ3n) is 6.76. The van der Waals surface area contributed by atoms with E-state index in [-0.39, 0.29) is 11.5 Å². The first-order valence-electron chi connectivity index (χ1n) is 11.3. The predicted molar refractivity (Wildman–Crippen MR) is 135 cm³/mol. The minimum atomic E-state index is -0.191. The minimum Gasteiger partial charge on any atom is -0.320 e. The third-order valence-corrected chi connectivity index (χ3v) is 6.99. The van der Waals surface area contributed by atoms with Crippen LogP contribution in [0.1, 0.15) is 34.0 Å². The molecule has 1 aliphatic heterocycles. The average molecular weight is 478 g/mol. The van der Waals surface area contributed by atoms with Crippen LogP contribution < -0.4 is 5.56 Å². The summed E-state index contributed by atoms with van der Waals surface area (Å²) in [6.07, 6.45) is 2.48. The molecule has 0 saturated heterocycles. The molecule has 6 rings (SSSR count). The van der Waals surface area contributed by atoms with Crippen LogP contribution in [0.3, 0.4) is 0 Å². The van der Waals surface area contributed by atoms with Gasteiger partial charge in [-0.3, -0.25) is 4.79 Å². The van der Waals surface area contributed by atoms with E-state index in [9.17, 15) is 10.1 Å². The van der Waals surface area contributed by atoms with Crippen LogP contribution in [0.15, 0.2) is 77.9 Å². The van der Waals surface area contributed by atoms with Crippen molar-refractivity contribution in [2.45, 2.75) is 18.9 Å². The summed E-state index contributed by atoms with van der Waals surface area (Å²) in [5, 5.41) is 19.5. The van der Waals surface area contributed by atoms with Gasteiger partial charge in [0.1, 0.15) is 12.2 Å². The number of aryl methyl sites for hydroxylation is 3. The van der Waals surface area contributed by atoms with E-state index in [2.05, 4.69) is 28.4 Å². The maximum atomic E-state index is 13.0. The van der Waals surface area contributed by atoms with Crippen LogP contribution in [0, 0.1) is 11.3 Å². The molecule has 170 valence electrons. The van der Waals surface area contributed by atoms with E-state index in [1.807, 2.05) is 64.7 Å². The van der Waals surface area contributed by atoms with Gasteiger partial charge < -0.3 is 9.13 Å². The lowest BCUT2D eigenvalue weighted by atomic mass is 9.86. The van der Waals surface area contributed by atoms with Gasteiger partial charge in [0.2, 0.25) is 0 Å². The van der Waals surface area contributed by atoms with Crippen LogP contribution >= 0.6 is 11.6 Å². The van der Waals surface area contributed by atoms with Crippen molar-refractivity contribution >= 4 is 22.5 Å². The lowest BCUT2D eigenvalue weighted by molar-refractivity contribution is 0.741. The largest absolute Gasteiger partial charge is 0.320 e. The summed E-state index contributed by atoms with van der Waals surface area (Å²) < 4.78 is 3.78. The zero-order valence-electron chi connectivity index (χ0n) is 18.9. The maximum Gasteiger partial charge on any atom is 0.251 e. The molecule has 0 fully saturated rings. The number of rotatable bonds is 4. The third kappa shape index (κ3) is 3.52. The SMILES string of the molecule is Cn1cnnc1C(c1ccc(C#N)cc1)c1cc2c3c(c1)c(-c1cccc(Cl)c1)cc(=O)n3CC2. The molecule has 0 amide bonds. The fourth-order valence-electron chi connectivity index (χ4n) is 5.13. The Labute approximate surface area is 206 Å². The summed E-state index contributed by atoms with van der Waals surface area (Å²) in [6.45, 7) is 0.662. The second-order valence-corrected chi connectivity index (χ2v) is 9.29. The van der Waals surface area contributed by atoms with Gasteiger partial charge in [-0.05, 0) is 64.6 Å². The Kier molecular flexibility index (Phi) is 5.01. The molecule has 0 N–H and O–H groups in total. The van der Waals surface area contributed by atoms with E-state index >= 15 is 0 Å². The van der Waals surface area contributed by atoms with Crippen LogP contribution in [0.25, 0.3) is 22.0 Å². The molecule has 3 aromatic carbocycles. The van der Waals surface area contributed by atoms with E-state index in [1.54, 1.807) is 12.4 Å². The van der Waals surface area contributed by atoms with Gasteiger partial charge in [-0.2, -0.15) is 5.26 Å². The van der Waals surface area contributed by atoms with E-state index in [4.69, 9.17) is 11.6 Å². The second kappa shape index (κ2) is 8.23. The van der Waals surface area contributed by atoms with Crippen LogP contribution in [-0.2, 0) is 20.0 Å². The van der Waals surface area contributed by atoms with E-state index < -0.39 is 0 Å². The van der Waals surface area contributed by atoms with Crippen LogP contribution in [0.5, 0.6) is 0 Å². The monoisotopic (exact) mass is 477 g/mol. The van der Waals surface area contributed by atoms with Crippen molar-refractivity contribution in [1.29, 1.82) is 5.26 Å². The summed E-state index contributed by atoms with van der Waals surface area (Å²) in [4.78, 5) is 13.0. The number of pyridine rings is 1. The molecule has 1 aliphatic rings. The van der Waals surface area contributed by atoms with Crippen molar-refractivity contribution in [3.05, 3.63) is 117 Å². The Balaban J connectivity index is 1.65. The average Bonchev–Trinajstić information content (AvgIpc) is 3.49. The molecular weight excluding hydrogens is 458 g/mol. The zero-order valence-corrected chi connectivity index (χ0v) is 19.7. The molecule has 1 atom stereocenters. The lowest BCUT2D eigenvalue weighted by Gasteiger charge is -2.20. The van der Waals surface area contributed by atoms with Gasteiger partial charge in [0.05, 0.1) is 23.1 Å². The van der Waals surface area contributed by atoms with Gasteiger partial charge in [-0.1, -0.05) is 41.9 Å². The highest BCUT2D eigenvalue weighted by atomic mass is 35.5. The molecule has 5 aromatic rings. The molecule has 0 aliphatic carbocycles. The van der Waals surface area contributed by atoms with Gasteiger partial charge in [0.15, 0.2) is 0 Å². The fraction of sp³-hybridized carbons (Fsp3) is 0.143. The summed E-state index contributed by atoms with van der Waals surface area (Å²) in [6, 6.07) is 23.5. The van der Waals surface area contributed by atoms with E-state index in [0.717, 1.165) is 51.0 Å². The summed E-state index contributed by atoms with van der Waals surface area (Å²) in [5.74, 6) is 0.612. The lowest BCUT2D eigenvalue weighted by Crippen LogP contribution is -2.17. The van der Waals surface area contributed by atoms with Gasteiger partial charge in [0, 0.05) is 30.1 Å². The summed E-state index contributed by atoms with van der Waals surface area (Å²) in [7, 11) is 1.93. The molecule has 7 heteroatoms. The Hall–Kier alpha value is -4.21. The van der Waals surface area contributed by atoms with Gasteiger partial charge in [-0.25, -0.2) is 0 Å². The standard InChI is InChI=1S/C28H20ClN5O/c1-33-16-31-32-28(33)26(18-7-5-17(15-30)6-8-18)21-11-20-9-10-34-25(35)14-23(24(13-21)27(20)34)19-3-2-4-22(29)12-19/h2-8,11-14,16,26H,9-10H2,1H3. The minimum absolute atomic E-state index is 0.00378. The molecule has 35 heavy (non-hydrogen) atoms. The highest BCUT2D eigenvalue weighted by Gasteiger charge is 2.26. The molecule has 0 radical (unpaired) electrons. The summed E-state index contributed by atoms with van der Waals surface area (Å²) in [5.41, 5.74) is 6.57. The fourth-order valence-corrected chi connectivity index (χ4v) is 5.32. The zero-order chi connectivity index (χ0) is 24.1. The number of hydrogen-bond donors (Lipinski definition) is 0. The Morgan fingerprint density at radius 1 is 1.06 bits per heavy atom. The molecule has 0 spiro atoms. The highest BCUT2D eigenvalue weighted by molar-refractivity contribution is 6.30. The number of nitrogens with zero attached hydrogens (tertiary/aromatic N) is 5. The molecule has 6 nitrogen and oxygen atoms in total. The number of hydrogen-bond acceptors (Lipinski definition) is 4. The Morgan fingerprint density at radius 2 is 1.89 bits per heavy atom. The first-order chi connectivity index (χ1) is 17.0. The molecular formula is C28H20ClN5O. The van der Waals surface area contributed by atoms with Crippen LogP contribution in [0.4, 0.5) is 0 Å². The predicted octanol–water partition coefficient (Wildman–Crippen LogP) is 5.06. The Morgan fingerprint density at radius 3 is 2.60 bits per heavy atom. The molecule has 2 aromatic heterocycles. The molecule has 3 heterocycles. The maximum absolute atomic E-state index is 13.0. The van der Waals surface area contributed by atoms with Crippen molar-refractivity contribution in [2.75, 3.05) is 0 Å². The quantitative estimate of drug-likeness (QED) is 0.362. The first-order valence-corrected chi connectivity index (χ1v) is 11.7. The normalized spacial score (nSPS) is 13.2. The van der Waals surface area contributed by atoms with Crippen molar-refractivity contribution in [3.8, 4) is 17.2 Å². The van der Waals surface area contributed by atoms with Crippen molar-refractivity contribution < 1.29 is 0 Å². The van der Waals surface area contributed by atoms with Gasteiger partial charge in [-0.15, -0.1) is 10.2 Å².